The van der Waals surface area contributed by atoms with Gasteiger partial charge in [-0.25, -0.2) is 13.2 Å². The summed E-state index contributed by atoms with van der Waals surface area (Å²) in [7, 11) is 0. The van der Waals surface area contributed by atoms with Crippen molar-refractivity contribution in [1.82, 2.24) is 0 Å². The molecule has 3 aromatic rings. The van der Waals surface area contributed by atoms with Crippen molar-refractivity contribution in [1.29, 1.82) is 0 Å². The monoisotopic (exact) mass is 366 g/mol. The Morgan fingerprint density at radius 1 is 0.741 bits per heavy atom. The van der Waals surface area contributed by atoms with E-state index in [4.69, 9.17) is 0 Å². The average Bonchev–Trinajstić information content (AvgIpc) is 2.72. The molecule has 27 heavy (non-hydrogen) atoms. The van der Waals surface area contributed by atoms with E-state index in [0.29, 0.717) is 17.2 Å². The Kier molecular flexibility index (Phi) is 4.77. The molecule has 3 heteroatoms. The Balaban J connectivity index is 1.52. The second kappa shape index (κ2) is 7.22. The van der Waals surface area contributed by atoms with Crippen LogP contribution in [0.1, 0.15) is 54.2 Å². The molecule has 0 heterocycles. The van der Waals surface area contributed by atoms with Crippen LogP contribution >= 0.6 is 0 Å². The highest BCUT2D eigenvalue weighted by atomic mass is 19.2. The number of fused-ring (bicyclic) bond motifs is 1. The molecule has 0 unspecified atom stereocenters. The Morgan fingerprint density at radius 3 is 1.96 bits per heavy atom. The molecule has 0 N–H and O–H groups in total. The van der Waals surface area contributed by atoms with Crippen molar-refractivity contribution in [2.24, 2.45) is 0 Å². The number of halogens is 3. The minimum Gasteiger partial charge on any atom is -0.204 e. The van der Waals surface area contributed by atoms with Gasteiger partial charge in [0, 0.05) is 5.39 Å². The van der Waals surface area contributed by atoms with Crippen LogP contribution < -0.4 is 0 Å². The highest BCUT2D eigenvalue weighted by Gasteiger charge is 2.24. The fraction of sp³-hybridized carbons (Fsp3) is 0.250. The summed E-state index contributed by atoms with van der Waals surface area (Å²) in [5, 5.41) is 0.555. The second-order valence-corrected chi connectivity index (χ2v) is 7.39. The Bertz CT molecular complexity index is 981. The van der Waals surface area contributed by atoms with Gasteiger partial charge < -0.3 is 0 Å². The van der Waals surface area contributed by atoms with Gasteiger partial charge in [-0.2, -0.15) is 0 Å². The topological polar surface area (TPSA) is 0 Å². The maximum absolute atomic E-state index is 13.9. The number of benzene rings is 3. The van der Waals surface area contributed by atoms with Gasteiger partial charge in [0.15, 0.2) is 17.5 Å². The molecule has 1 fully saturated rings. The summed E-state index contributed by atoms with van der Waals surface area (Å²) in [6, 6.07) is 14.9. The third-order valence-electron chi connectivity index (χ3n) is 5.84. The first-order valence-electron chi connectivity index (χ1n) is 9.36. The fourth-order valence-electron chi connectivity index (χ4n) is 4.24. The summed E-state index contributed by atoms with van der Waals surface area (Å²) >= 11 is 0. The lowest BCUT2D eigenvalue weighted by Crippen LogP contribution is -2.12. The Hall–Kier alpha value is -2.55. The van der Waals surface area contributed by atoms with Crippen LogP contribution in [-0.4, -0.2) is 0 Å². The predicted molar refractivity (Wildman–Crippen MR) is 104 cm³/mol. The van der Waals surface area contributed by atoms with Crippen LogP contribution in [0.3, 0.4) is 0 Å². The molecule has 0 amide bonds. The molecule has 0 aliphatic heterocycles. The summed E-state index contributed by atoms with van der Waals surface area (Å²) in [5.41, 5.74) is 3.56. The van der Waals surface area contributed by atoms with Gasteiger partial charge in [-0.1, -0.05) is 55.1 Å². The summed E-state index contributed by atoms with van der Waals surface area (Å²) in [4.78, 5) is 0. The summed E-state index contributed by atoms with van der Waals surface area (Å²) in [6.07, 6.45) is 6.08. The molecule has 0 aromatic heterocycles. The van der Waals surface area contributed by atoms with Gasteiger partial charge in [-0.3, -0.25) is 0 Å². The molecule has 0 bridgehead atoms. The van der Waals surface area contributed by atoms with Crippen molar-refractivity contribution >= 4 is 16.8 Å². The van der Waals surface area contributed by atoms with Crippen molar-refractivity contribution in [3.63, 3.8) is 0 Å². The molecule has 1 aliphatic rings. The van der Waals surface area contributed by atoms with Crippen molar-refractivity contribution in [3.05, 3.63) is 89.3 Å². The second-order valence-electron chi connectivity index (χ2n) is 7.39. The van der Waals surface area contributed by atoms with Gasteiger partial charge >= 0.3 is 0 Å². The first-order chi connectivity index (χ1) is 13.1. The van der Waals surface area contributed by atoms with E-state index < -0.39 is 17.5 Å². The lowest BCUT2D eigenvalue weighted by atomic mass is 9.76. The van der Waals surface area contributed by atoms with E-state index in [9.17, 15) is 13.2 Å². The maximum Gasteiger partial charge on any atom is 0.195 e. The zero-order valence-corrected chi connectivity index (χ0v) is 15.0. The SMILES string of the molecule is C=Cc1ccc(C2CCC(c3ccc4c(F)c(F)c(F)cc4c3)CC2)cc1. The summed E-state index contributed by atoms with van der Waals surface area (Å²) in [5.74, 6) is -2.73. The molecule has 3 aromatic carbocycles. The highest BCUT2D eigenvalue weighted by molar-refractivity contribution is 5.84. The maximum atomic E-state index is 13.9. The third kappa shape index (κ3) is 3.39. The van der Waals surface area contributed by atoms with Gasteiger partial charge in [-0.15, -0.1) is 0 Å². The first-order valence-corrected chi connectivity index (χ1v) is 9.36. The van der Waals surface area contributed by atoms with E-state index in [-0.39, 0.29) is 5.39 Å². The standard InChI is InChI=1S/C24H21F3/c1-2-15-3-5-16(6-4-15)17-7-9-18(10-8-17)19-11-12-21-20(13-19)14-22(25)24(27)23(21)26/h2-6,11-14,17-18H,1,7-10H2. The normalized spacial score (nSPS) is 20.0. The molecule has 1 aliphatic carbocycles. The molecular formula is C24H21F3. The van der Waals surface area contributed by atoms with E-state index in [0.717, 1.165) is 42.9 Å². The van der Waals surface area contributed by atoms with E-state index in [2.05, 4.69) is 30.8 Å². The molecule has 0 nitrogen and oxygen atoms in total. The molecule has 1 saturated carbocycles. The Labute approximate surface area is 157 Å². The molecular weight excluding hydrogens is 345 g/mol. The largest absolute Gasteiger partial charge is 0.204 e. The highest BCUT2D eigenvalue weighted by Crippen LogP contribution is 2.41. The number of hydrogen-bond donors (Lipinski definition) is 0. The zero-order chi connectivity index (χ0) is 19.0. The minimum atomic E-state index is -1.40. The Morgan fingerprint density at radius 2 is 1.33 bits per heavy atom. The van der Waals surface area contributed by atoms with Crippen LogP contribution in [0.25, 0.3) is 16.8 Å². The molecule has 138 valence electrons. The van der Waals surface area contributed by atoms with Crippen LogP contribution in [0.5, 0.6) is 0 Å². The summed E-state index contributed by atoms with van der Waals surface area (Å²) in [6.45, 7) is 3.79. The predicted octanol–water partition coefficient (Wildman–Crippen LogP) is 7.34. The quantitative estimate of drug-likeness (QED) is 0.425. The van der Waals surface area contributed by atoms with Crippen LogP contribution in [0.15, 0.2) is 55.1 Å². The van der Waals surface area contributed by atoms with Crippen molar-refractivity contribution in [2.45, 2.75) is 37.5 Å². The average molecular weight is 366 g/mol. The number of hydrogen-bond acceptors (Lipinski definition) is 0. The van der Waals surface area contributed by atoms with Crippen LogP contribution in [0.2, 0.25) is 0 Å². The van der Waals surface area contributed by atoms with Gasteiger partial charge in [0.25, 0.3) is 0 Å². The van der Waals surface area contributed by atoms with Gasteiger partial charge in [0.1, 0.15) is 0 Å². The number of rotatable bonds is 3. The van der Waals surface area contributed by atoms with Crippen LogP contribution in [-0.2, 0) is 0 Å². The van der Waals surface area contributed by atoms with Crippen LogP contribution in [0, 0.1) is 17.5 Å². The zero-order valence-electron chi connectivity index (χ0n) is 15.0. The molecule has 0 saturated heterocycles. The van der Waals surface area contributed by atoms with Crippen LogP contribution in [0.4, 0.5) is 13.2 Å². The fourth-order valence-corrected chi connectivity index (χ4v) is 4.24. The van der Waals surface area contributed by atoms with E-state index in [1.54, 1.807) is 6.07 Å². The summed E-state index contributed by atoms with van der Waals surface area (Å²) < 4.78 is 40.9. The van der Waals surface area contributed by atoms with Crippen molar-refractivity contribution in [2.75, 3.05) is 0 Å². The molecule has 0 atom stereocenters. The van der Waals surface area contributed by atoms with Crippen molar-refractivity contribution in [3.8, 4) is 0 Å². The van der Waals surface area contributed by atoms with Crippen molar-refractivity contribution < 1.29 is 13.2 Å². The van der Waals surface area contributed by atoms with E-state index in [1.807, 2.05) is 18.2 Å². The molecule has 0 spiro atoms. The lowest BCUT2D eigenvalue weighted by Gasteiger charge is -2.29. The van der Waals surface area contributed by atoms with E-state index >= 15 is 0 Å². The lowest BCUT2D eigenvalue weighted by molar-refractivity contribution is 0.396. The molecule has 0 radical (unpaired) electrons. The van der Waals surface area contributed by atoms with E-state index in [1.165, 1.54) is 5.56 Å². The van der Waals surface area contributed by atoms with Gasteiger partial charge in [0.2, 0.25) is 0 Å². The first kappa shape index (κ1) is 17.8. The van der Waals surface area contributed by atoms with Gasteiger partial charge in [-0.05, 0) is 65.7 Å². The van der Waals surface area contributed by atoms with Gasteiger partial charge in [0.05, 0.1) is 0 Å². The molecule has 4 rings (SSSR count). The smallest absolute Gasteiger partial charge is 0.195 e. The minimum absolute atomic E-state index is 0.133. The third-order valence-corrected chi connectivity index (χ3v) is 5.84.